The van der Waals surface area contributed by atoms with Crippen molar-refractivity contribution >= 4 is 33.8 Å². The molecule has 0 saturated carbocycles. The number of nitrogens with zero attached hydrogens (tertiary/aromatic N) is 2. The van der Waals surface area contributed by atoms with E-state index in [9.17, 15) is 9.59 Å². The number of furan rings is 1. The molecule has 0 spiro atoms. The lowest BCUT2D eigenvalue weighted by Gasteiger charge is -2.03. The molecule has 0 unspecified atom stereocenters. The maximum absolute atomic E-state index is 12.0. The Kier molecular flexibility index (Phi) is 4.47. The van der Waals surface area contributed by atoms with E-state index in [2.05, 4.69) is 30.2 Å². The highest BCUT2D eigenvalue weighted by Crippen LogP contribution is 2.27. The predicted molar refractivity (Wildman–Crippen MR) is 115 cm³/mol. The third kappa shape index (κ3) is 3.52. The maximum atomic E-state index is 12.0. The lowest BCUT2D eigenvalue weighted by Crippen LogP contribution is -2.11. The Morgan fingerprint density at radius 2 is 1.97 bits per heavy atom. The second kappa shape index (κ2) is 7.45. The number of rotatable bonds is 4. The molecule has 0 fully saturated rings. The number of benzene rings is 2. The van der Waals surface area contributed by atoms with Gasteiger partial charge in [-0.15, -0.1) is 0 Å². The highest BCUT2D eigenvalue weighted by atomic mass is 16.5. The number of aromatic amines is 2. The molecule has 3 heterocycles. The van der Waals surface area contributed by atoms with E-state index in [-0.39, 0.29) is 5.56 Å². The van der Waals surface area contributed by atoms with E-state index in [1.165, 1.54) is 7.11 Å². The third-order valence-electron chi connectivity index (χ3n) is 4.95. The standard InChI is InChI=1S/C22H17N5O4/c1-30-22(29)25-21-23-16-8-6-12(10-18(16)24-21)19-9-7-13(31-19)11-17-14-4-2-3-5-15(14)20(28)27-26-17/h2-10H,11H2,1H3,(H,27,28)(H2,23,24,25,29). The molecule has 2 aromatic carbocycles. The van der Waals surface area contributed by atoms with E-state index < -0.39 is 6.09 Å². The molecule has 5 rings (SSSR count). The van der Waals surface area contributed by atoms with Gasteiger partial charge in [0.2, 0.25) is 5.95 Å². The second-order valence-corrected chi connectivity index (χ2v) is 6.92. The zero-order valence-corrected chi connectivity index (χ0v) is 16.4. The number of aromatic nitrogens is 4. The van der Waals surface area contributed by atoms with Crippen molar-refractivity contribution < 1.29 is 13.9 Å². The summed E-state index contributed by atoms with van der Waals surface area (Å²) in [4.78, 5) is 30.7. The van der Waals surface area contributed by atoms with E-state index in [0.717, 1.165) is 27.9 Å². The van der Waals surface area contributed by atoms with E-state index in [0.29, 0.717) is 29.0 Å². The summed E-state index contributed by atoms with van der Waals surface area (Å²) in [6, 6.07) is 16.7. The van der Waals surface area contributed by atoms with Gasteiger partial charge in [0.25, 0.3) is 5.56 Å². The van der Waals surface area contributed by atoms with Crippen LogP contribution in [-0.4, -0.2) is 33.4 Å². The van der Waals surface area contributed by atoms with Crippen LogP contribution in [0.15, 0.2) is 63.8 Å². The molecule has 154 valence electrons. The number of carbonyl (C=O) groups is 1. The Morgan fingerprint density at radius 1 is 1.13 bits per heavy atom. The first-order valence-electron chi connectivity index (χ1n) is 9.51. The summed E-state index contributed by atoms with van der Waals surface area (Å²) >= 11 is 0. The fourth-order valence-electron chi connectivity index (χ4n) is 3.47. The number of fused-ring (bicyclic) bond motifs is 2. The molecule has 0 aliphatic carbocycles. The monoisotopic (exact) mass is 415 g/mol. The van der Waals surface area contributed by atoms with Crippen LogP contribution in [0, 0.1) is 0 Å². The molecule has 31 heavy (non-hydrogen) atoms. The molecule has 3 N–H and O–H groups in total. The first-order valence-corrected chi connectivity index (χ1v) is 9.51. The average molecular weight is 415 g/mol. The summed E-state index contributed by atoms with van der Waals surface area (Å²) in [7, 11) is 1.29. The normalized spacial score (nSPS) is 11.1. The molecule has 1 amide bonds. The number of hydrogen-bond acceptors (Lipinski definition) is 6. The Hall–Kier alpha value is -4.40. The molecule has 0 radical (unpaired) electrons. The SMILES string of the molecule is COC(=O)Nc1nc2ccc(-c3ccc(Cc4n[nH]c(=O)c5ccccc45)o3)cc2[nH]1. The van der Waals surface area contributed by atoms with Crippen LogP contribution in [-0.2, 0) is 11.2 Å². The van der Waals surface area contributed by atoms with Crippen molar-refractivity contribution in [3.05, 3.63) is 76.4 Å². The van der Waals surface area contributed by atoms with E-state index in [4.69, 9.17) is 4.42 Å². The van der Waals surface area contributed by atoms with Crippen molar-refractivity contribution in [1.82, 2.24) is 20.2 Å². The van der Waals surface area contributed by atoms with Crippen molar-refractivity contribution in [3.8, 4) is 11.3 Å². The second-order valence-electron chi connectivity index (χ2n) is 6.92. The van der Waals surface area contributed by atoms with Crippen LogP contribution in [0.4, 0.5) is 10.7 Å². The van der Waals surface area contributed by atoms with Crippen molar-refractivity contribution in [2.24, 2.45) is 0 Å². The number of ether oxygens (including phenoxy) is 1. The molecule has 9 nitrogen and oxygen atoms in total. The molecule has 9 heteroatoms. The summed E-state index contributed by atoms with van der Waals surface area (Å²) in [5, 5.41) is 10.7. The third-order valence-corrected chi connectivity index (χ3v) is 4.95. The summed E-state index contributed by atoms with van der Waals surface area (Å²) in [5.74, 6) is 1.70. The Labute approximate surface area is 175 Å². The minimum absolute atomic E-state index is 0.214. The van der Waals surface area contributed by atoms with Gasteiger partial charge in [-0.05, 0) is 36.4 Å². The molecule has 0 bridgehead atoms. The number of nitrogens with one attached hydrogen (secondary N) is 3. The minimum Gasteiger partial charge on any atom is -0.461 e. The quantitative estimate of drug-likeness (QED) is 0.410. The van der Waals surface area contributed by atoms with Gasteiger partial charge < -0.3 is 14.1 Å². The smallest absolute Gasteiger partial charge is 0.413 e. The molecule has 0 aliphatic heterocycles. The molecule has 0 atom stereocenters. The summed E-state index contributed by atoms with van der Waals surface area (Å²) in [6.45, 7) is 0. The zero-order chi connectivity index (χ0) is 21.4. The van der Waals surface area contributed by atoms with Gasteiger partial charge >= 0.3 is 6.09 Å². The van der Waals surface area contributed by atoms with Gasteiger partial charge in [-0.1, -0.05) is 18.2 Å². The van der Waals surface area contributed by atoms with Crippen LogP contribution in [0.1, 0.15) is 11.5 Å². The van der Waals surface area contributed by atoms with Crippen LogP contribution in [0.2, 0.25) is 0 Å². The van der Waals surface area contributed by atoms with Crippen molar-refractivity contribution in [1.29, 1.82) is 0 Å². The number of H-pyrrole nitrogens is 2. The zero-order valence-electron chi connectivity index (χ0n) is 16.4. The summed E-state index contributed by atoms with van der Waals surface area (Å²) in [6.07, 6.45) is -0.157. The highest BCUT2D eigenvalue weighted by molar-refractivity contribution is 5.88. The van der Waals surface area contributed by atoms with Gasteiger partial charge in [-0.25, -0.2) is 14.9 Å². The number of amides is 1. The molecule has 0 saturated heterocycles. The molecule has 3 aromatic heterocycles. The van der Waals surface area contributed by atoms with Crippen LogP contribution < -0.4 is 10.9 Å². The maximum Gasteiger partial charge on any atom is 0.413 e. The topological polar surface area (TPSA) is 126 Å². The van der Waals surface area contributed by atoms with Crippen LogP contribution in [0.25, 0.3) is 33.1 Å². The Bertz CT molecular complexity index is 1480. The summed E-state index contributed by atoms with van der Waals surface area (Å²) in [5.41, 5.74) is 2.82. The number of imidazole rings is 1. The lowest BCUT2D eigenvalue weighted by atomic mass is 10.1. The predicted octanol–water partition coefficient (Wildman–Crippen LogP) is 3.83. The van der Waals surface area contributed by atoms with Crippen molar-refractivity contribution in [3.63, 3.8) is 0 Å². The van der Waals surface area contributed by atoms with Crippen LogP contribution in [0.3, 0.4) is 0 Å². The molecular formula is C22H17N5O4. The number of methoxy groups -OCH3 is 1. The first kappa shape index (κ1) is 18.6. The molecular weight excluding hydrogens is 398 g/mol. The lowest BCUT2D eigenvalue weighted by molar-refractivity contribution is 0.186. The largest absolute Gasteiger partial charge is 0.461 e. The Morgan fingerprint density at radius 3 is 2.81 bits per heavy atom. The fraction of sp³-hybridized carbons (Fsp3) is 0.0909. The Balaban J connectivity index is 1.43. The van der Waals surface area contributed by atoms with Crippen molar-refractivity contribution in [2.75, 3.05) is 12.4 Å². The van der Waals surface area contributed by atoms with Crippen LogP contribution in [0.5, 0.6) is 0 Å². The van der Waals surface area contributed by atoms with Gasteiger partial charge in [0.05, 0.1) is 35.6 Å². The van der Waals surface area contributed by atoms with Crippen molar-refractivity contribution in [2.45, 2.75) is 6.42 Å². The summed E-state index contributed by atoms with van der Waals surface area (Å²) < 4.78 is 10.6. The van der Waals surface area contributed by atoms with E-state index >= 15 is 0 Å². The number of anilines is 1. The fourth-order valence-corrected chi connectivity index (χ4v) is 3.47. The minimum atomic E-state index is -0.599. The number of hydrogen-bond donors (Lipinski definition) is 3. The van der Waals surface area contributed by atoms with Gasteiger partial charge in [0.15, 0.2) is 0 Å². The van der Waals surface area contributed by atoms with E-state index in [1.807, 2.05) is 48.5 Å². The average Bonchev–Trinajstić information content (AvgIpc) is 3.41. The highest BCUT2D eigenvalue weighted by Gasteiger charge is 2.12. The van der Waals surface area contributed by atoms with E-state index in [1.54, 1.807) is 6.07 Å². The molecule has 0 aliphatic rings. The molecule has 5 aromatic rings. The van der Waals surface area contributed by atoms with Crippen LogP contribution >= 0.6 is 0 Å². The number of carbonyl (C=O) groups excluding carboxylic acids is 1. The van der Waals surface area contributed by atoms with Gasteiger partial charge in [-0.2, -0.15) is 5.10 Å². The van der Waals surface area contributed by atoms with Gasteiger partial charge in [-0.3, -0.25) is 10.1 Å². The first-order chi connectivity index (χ1) is 15.1. The van der Waals surface area contributed by atoms with Gasteiger partial charge in [0, 0.05) is 10.9 Å². The van der Waals surface area contributed by atoms with Gasteiger partial charge in [0.1, 0.15) is 11.5 Å².